The lowest BCUT2D eigenvalue weighted by molar-refractivity contribution is -0.385. The van der Waals surface area contributed by atoms with Crippen molar-refractivity contribution < 1.29 is 168 Å². The Balaban J connectivity index is 1.23. The molecule has 490 valence electrons. The quantitative estimate of drug-likeness (QED) is 0.0452. The molecule has 6 heterocycles. The summed E-state index contributed by atoms with van der Waals surface area (Å²) in [5, 5.41) is 204. The number of carboxylic acids is 1. The van der Waals surface area contributed by atoms with Gasteiger partial charge in [-0.2, -0.15) is 0 Å². The van der Waals surface area contributed by atoms with Crippen molar-refractivity contribution in [2.24, 2.45) is 0 Å². The summed E-state index contributed by atoms with van der Waals surface area (Å²) in [4.78, 5) is 62.9. The molecule has 0 aliphatic carbocycles. The number of carbonyl (C=O) groups is 5. The molecule has 0 aromatic rings. The van der Waals surface area contributed by atoms with Crippen molar-refractivity contribution in [2.45, 2.75) is 224 Å². The minimum Gasteiger partial charge on any atom is -0.477 e. The monoisotopic (exact) mass is 1240 g/mol. The number of nitrogens with one attached hydrogen (secondary N) is 4. The molecule has 0 unspecified atom stereocenters. The number of carbonyl (C=O) groups excluding carboxylic acids is 4. The van der Waals surface area contributed by atoms with Crippen LogP contribution in [0.5, 0.6) is 0 Å². The molecule has 22 N–H and O–H groups in total. The number of ether oxygens (including phenoxy) is 11. The molecule has 0 aromatic carbocycles. The van der Waals surface area contributed by atoms with Gasteiger partial charge < -0.3 is 165 Å². The van der Waals surface area contributed by atoms with Crippen LogP contribution in [0.1, 0.15) is 34.1 Å². The van der Waals surface area contributed by atoms with Crippen molar-refractivity contribution in [3.05, 3.63) is 0 Å². The number of rotatable bonds is 23. The highest BCUT2D eigenvalue weighted by atomic mass is 16.8. The van der Waals surface area contributed by atoms with Crippen molar-refractivity contribution in [2.75, 3.05) is 39.6 Å². The summed E-state index contributed by atoms with van der Waals surface area (Å²) in [7, 11) is 0. The normalized spacial score (nSPS) is 45.0. The second-order valence-electron chi connectivity index (χ2n) is 21.2. The van der Waals surface area contributed by atoms with E-state index in [9.17, 15) is 116 Å². The second-order valence-corrected chi connectivity index (χ2v) is 21.2. The minimum absolute atomic E-state index is 0.800. The third kappa shape index (κ3) is 15.8. The fourth-order valence-corrected chi connectivity index (χ4v) is 10.7. The molecule has 0 aromatic heterocycles. The number of hydrogen-bond donors (Lipinski definition) is 22. The van der Waals surface area contributed by atoms with Gasteiger partial charge in [-0.05, 0) is 0 Å². The lowest BCUT2D eigenvalue weighted by Gasteiger charge is -2.51. The van der Waals surface area contributed by atoms with Gasteiger partial charge in [0.15, 0.2) is 31.5 Å². The maximum atomic E-state index is 13.1. The molecule has 38 heteroatoms. The van der Waals surface area contributed by atoms with E-state index in [4.69, 9.17) is 52.1 Å². The van der Waals surface area contributed by atoms with E-state index in [0.717, 1.165) is 27.7 Å². The van der Waals surface area contributed by atoms with Crippen LogP contribution >= 0.6 is 0 Å². The Morgan fingerprint density at radius 1 is 0.482 bits per heavy atom. The number of aliphatic hydroxyl groups excluding tert-OH is 17. The van der Waals surface area contributed by atoms with Crippen molar-refractivity contribution in [1.82, 2.24) is 21.3 Å². The zero-order valence-electron chi connectivity index (χ0n) is 45.9. The molecule has 85 heavy (non-hydrogen) atoms. The van der Waals surface area contributed by atoms with Crippen molar-refractivity contribution in [1.29, 1.82) is 0 Å². The molecule has 6 rings (SSSR count). The molecule has 6 aliphatic heterocycles. The van der Waals surface area contributed by atoms with E-state index in [0.29, 0.717) is 0 Å². The van der Waals surface area contributed by atoms with Gasteiger partial charge in [0.05, 0.1) is 51.8 Å². The van der Waals surface area contributed by atoms with E-state index in [1.807, 2.05) is 0 Å². The Kier molecular flexibility index (Phi) is 24.9. The zero-order valence-corrected chi connectivity index (χ0v) is 45.9. The Morgan fingerprint density at radius 3 is 1.41 bits per heavy atom. The summed E-state index contributed by atoms with van der Waals surface area (Å²) in [5.41, 5.74) is 0. The average molecular weight is 1240 g/mol. The van der Waals surface area contributed by atoms with E-state index >= 15 is 0 Å². The molecule has 4 amide bonds. The van der Waals surface area contributed by atoms with E-state index in [1.165, 1.54) is 0 Å². The zero-order chi connectivity index (χ0) is 63.3. The molecular weight excluding hydrogens is 1160 g/mol. The summed E-state index contributed by atoms with van der Waals surface area (Å²) in [5.74, 6) is -8.69. The van der Waals surface area contributed by atoms with Crippen LogP contribution in [0, 0.1) is 0 Å². The Labute approximate surface area is 481 Å². The van der Waals surface area contributed by atoms with Gasteiger partial charge in [0.25, 0.3) is 5.79 Å². The fraction of sp³-hybridized carbons (Fsp3) is 0.894. The predicted octanol–water partition coefficient (Wildman–Crippen LogP) is -14.3. The number of aliphatic carboxylic acids is 1. The Morgan fingerprint density at radius 2 is 0.918 bits per heavy atom. The molecule has 0 spiro atoms. The first kappa shape index (κ1) is 70.3. The minimum atomic E-state index is -3.21. The Bertz CT molecular complexity index is 2210. The fourth-order valence-electron chi connectivity index (χ4n) is 10.7. The first-order valence-electron chi connectivity index (χ1n) is 26.7. The lowest BCUT2D eigenvalue weighted by Crippen LogP contribution is -2.71. The number of carboxylic acid groups (broad SMARTS) is 1. The molecule has 0 radical (unpaired) electrons. The van der Waals surface area contributed by atoms with Gasteiger partial charge in [0, 0.05) is 34.1 Å². The number of amides is 4. The van der Waals surface area contributed by atoms with Crippen molar-refractivity contribution in [3.8, 4) is 0 Å². The van der Waals surface area contributed by atoms with Crippen LogP contribution < -0.4 is 21.3 Å². The molecule has 6 fully saturated rings. The van der Waals surface area contributed by atoms with Gasteiger partial charge in [-0.25, -0.2) is 4.79 Å². The maximum Gasteiger partial charge on any atom is 0.364 e. The maximum absolute atomic E-state index is 13.1. The molecule has 31 atom stereocenters. The van der Waals surface area contributed by atoms with Crippen LogP contribution in [-0.2, 0) is 76.1 Å². The highest BCUT2D eigenvalue weighted by molar-refractivity contribution is 5.77. The van der Waals surface area contributed by atoms with Gasteiger partial charge in [-0.15, -0.1) is 0 Å². The van der Waals surface area contributed by atoms with E-state index in [1.54, 1.807) is 0 Å². The van der Waals surface area contributed by atoms with Gasteiger partial charge >= 0.3 is 5.97 Å². The lowest BCUT2D eigenvalue weighted by atomic mass is 9.88. The van der Waals surface area contributed by atoms with E-state index in [-0.39, 0.29) is 0 Å². The summed E-state index contributed by atoms with van der Waals surface area (Å²) in [6.07, 6.45) is -52.7. The molecule has 0 bridgehead atoms. The average Bonchev–Trinajstić information content (AvgIpc) is 1.14. The van der Waals surface area contributed by atoms with Crippen LogP contribution in [0.4, 0.5) is 0 Å². The first-order chi connectivity index (χ1) is 40.0. The smallest absolute Gasteiger partial charge is 0.364 e. The van der Waals surface area contributed by atoms with Crippen molar-refractivity contribution in [3.63, 3.8) is 0 Å². The predicted molar refractivity (Wildman–Crippen MR) is 263 cm³/mol. The largest absolute Gasteiger partial charge is 0.477 e. The third-order valence-corrected chi connectivity index (χ3v) is 15.0. The highest BCUT2D eigenvalue weighted by Gasteiger charge is 2.61. The summed E-state index contributed by atoms with van der Waals surface area (Å²) in [6.45, 7) is -2.15. The van der Waals surface area contributed by atoms with Crippen molar-refractivity contribution >= 4 is 29.6 Å². The molecule has 38 nitrogen and oxygen atoms in total. The SMILES string of the molecule is CC(=O)N[C@@H]1[C@@H](O[C@@H]2O[C@H](CO)[C@@H](O[C@@H]3O[C@H](CO)[C@H](O)[C@H](O[C@]4(C(=O)O)C[C@H](O)[C@@H](NC(C)=O)[C@H]([C@H](O)[C@H](O)CO)O4)[C@H]3O)[C@H](O)[C@H]2NC(C)=O)[C@@H](O)[C@@H](CO[C@@H]2O[C@H](CO)[C@@H](O[C@@H]3O[C@H](CO)[C@H](O)[C@H](O)[C@H]3O)[C@H](O)[C@H]2NC(C)=O)O[C@@H]1O. The van der Waals surface area contributed by atoms with Gasteiger partial charge in [-0.3, -0.25) is 19.2 Å². The van der Waals surface area contributed by atoms with Gasteiger partial charge in [-0.1, -0.05) is 0 Å². The standard InChI is InChI=1S/C47H78N4O34/c1-12(57)48-23-16(61)5-47(46(73)74,84-39(23)27(63)17(62)6-52)85-40-29(65)19(8-54)78-45(35(40)71)82-37-21(10-56)80-43(25(32(37)68)50-14(3)59)83-38-26(51-15(4)60)41(72)76-22(30(38)66)11-75-42-24(49-13(2)58)31(67)36(20(9-55)79-42)81-44-34(70)33(69)28(64)18(7-53)77-44/h16-45,52-56,61-72H,5-11H2,1-4H3,(H,48,57)(H,49,58)(H,50,59)(H,51,60)(H,73,74)/t16-,17+,18+,19+,20+,21+,22+,23+,24+,25+,26+,27+,28-,29-,30-,31+,32+,33-,34+,35+,36+,37+,38+,39+,40-,41-,42+,43-,44-,45-,47-/m0/s1. The highest BCUT2D eigenvalue weighted by Crippen LogP contribution is 2.40. The van der Waals surface area contributed by atoms with Crippen LogP contribution in [0.2, 0.25) is 0 Å². The summed E-state index contributed by atoms with van der Waals surface area (Å²) in [6, 6.07) is -6.96. The van der Waals surface area contributed by atoms with E-state index in [2.05, 4.69) is 21.3 Å². The number of hydrogen-bond acceptors (Lipinski definition) is 33. The van der Waals surface area contributed by atoms with Gasteiger partial charge in [0.1, 0.15) is 140 Å². The van der Waals surface area contributed by atoms with E-state index < -0.39 is 265 Å². The van der Waals surface area contributed by atoms with Crippen LogP contribution in [0.3, 0.4) is 0 Å². The molecular formula is C47H78N4O34. The summed E-state index contributed by atoms with van der Waals surface area (Å²) >= 11 is 0. The third-order valence-electron chi connectivity index (χ3n) is 15.0. The second kappa shape index (κ2) is 30.2. The molecule has 6 aliphatic rings. The first-order valence-corrected chi connectivity index (χ1v) is 26.7. The van der Waals surface area contributed by atoms with Gasteiger partial charge in [0.2, 0.25) is 23.6 Å². The molecule has 0 saturated carbocycles. The Hall–Kier alpha value is -3.77. The van der Waals surface area contributed by atoms with Crippen LogP contribution in [0.25, 0.3) is 0 Å². The summed E-state index contributed by atoms with van der Waals surface area (Å²) < 4.78 is 63.3. The molecule has 6 saturated heterocycles. The van der Waals surface area contributed by atoms with Crippen LogP contribution in [-0.4, -0.2) is 351 Å². The number of aliphatic hydroxyl groups is 17. The topological polar surface area (TPSA) is 599 Å². The van der Waals surface area contributed by atoms with Crippen LogP contribution in [0.15, 0.2) is 0 Å².